The van der Waals surface area contributed by atoms with Gasteiger partial charge in [0, 0.05) is 11.5 Å². The Hall–Kier alpha value is -0.890. The monoisotopic (exact) mass is 198 g/mol. The first-order valence-electron chi connectivity index (χ1n) is 4.11. The van der Waals surface area contributed by atoms with Gasteiger partial charge in [-0.3, -0.25) is 4.79 Å². The highest BCUT2D eigenvalue weighted by atomic mass is 35.5. The minimum Gasteiger partial charge on any atom is -0.294 e. The van der Waals surface area contributed by atoms with Gasteiger partial charge >= 0.3 is 0 Å². The molecule has 1 aliphatic rings. The Balaban J connectivity index is 2.59. The zero-order valence-corrected chi connectivity index (χ0v) is 7.86. The summed E-state index contributed by atoms with van der Waals surface area (Å²) in [5.74, 6) is -0.527. The van der Waals surface area contributed by atoms with E-state index in [1.165, 1.54) is 6.07 Å². The predicted octanol–water partition coefficient (Wildman–Crippen LogP) is 2.85. The second-order valence-corrected chi connectivity index (χ2v) is 3.80. The fraction of sp³-hybridized carbons (Fsp3) is 0.300. The van der Waals surface area contributed by atoms with Crippen molar-refractivity contribution in [2.75, 3.05) is 0 Å². The molecule has 0 aliphatic heterocycles. The van der Waals surface area contributed by atoms with Gasteiger partial charge in [-0.1, -0.05) is 18.5 Å². The van der Waals surface area contributed by atoms with Crippen molar-refractivity contribution in [3.05, 3.63) is 34.1 Å². The van der Waals surface area contributed by atoms with Crippen LogP contribution in [0.3, 0.4) is 0 Å². The number of hydrogen-bond acceptors (Lipinski definition) is 1. The van der Waals surface area contributed by atoms with E-state index in [0.717, 1.165) is 5.56 Å². The number of rotatable bonds is 0. The van der Waals surface area contributed by atoms with Gasteiger partial charge in [0.15, 0.2) is 5.78 Å². The lowest BCUT2D eigenvalue weighted by Crippen LogP contribution is -2.03. The Morgan fingerprint density at radius 2 is 2.23 bits per heavy atom. The number of carbonyl (C=O) groups excluding carboxylic acids is 1. The number of fused-ring (bicyclic) bond motifs is 1. The van der Waals surface area contributed by atoms with Crippen LogP contribution in [0.15, 0.2) is 12.1 Å². The molecule has 1 aliphatic carbocycles. The number of hydrogen-bond donors (Lipinski definition) is 0. The van der Waals surface area contributed by atoms with Gasteiger partial charge < -0.3 is 0 Å². The van der Waals surface area contributed by atoms with Gasteiger partial charge in [-0.15, -0.1) is 0 Å². The third-order valence-electron chi connectivity index (χ3n) is 2.39. The summed E-state index contributed by atoms with van der Waals surface area (Å²) >= 11 is 5.60. The number of halogens is 2. The van der Waals surface area contributed by atoms with Crippen LogP contribution in [0.5, 0.6) is 0 Å². The molecular weight excluding hydrogens is 191 g/mol. The van der Waals surface area contributed by atoms with Crippen LogP contribution >= 0.6 is 11.6 Å². The van der Waals surface area contributed by atoms with Crippen molar-refractivity contribution < 1.29 is 9.18 Å². The smallest absolute Gasteiger partial charge is 0.166 e. The second kappa shape index (κ2) is 2.81. The summed E-state index contributed by atoms with van der Waals surface area (Å²) in [4.78, 5) is 11.5. The topological polar surface area (TPSA) is 17.1 Å². The first-order valence-corrected chi connectivity index (χ1v) is 4.49. The van der Waals surface area contributed by atoms with Crippen LogP contribution in [0.25, 0.3) is 0 Å². The van der Waals surface area contributed by atoms with Crippen LogP contribution in [-0.4, -0.2) is 5.78 Å². The van der Waals surface area contributed by atoms with Gasteiger partial charge in [0.25, 0.3) is 0 Å². The van der Waals surface area contributed by atoms with E-state index in [2.05, 4.69) is 0 Å². The van der Waals surface area contributed by atoms with E-state index in [4.69, 9.17) is 11.6 Å². The summed E-state index contributed by atoms with van der Waals surface area (Å²) in [6.45, 7) is 1.84. The lowest BCUT2D eigenvalue weighted by molar-refractivity contribution is 0.0946. The van der Waals surface area contributed by atoms with Crippen LogP contribution in [0.4, 0.5) is 4.39 Å². The van der Waals surface area contributed by atoms with E-state index in [0.29, 0.717) is 12.0 Å². The lowest BCUT2D eigenvalue weighted by Gasteiger charge is -1.98. The first-order chi connectivity index (χ1) is 6.09. The van der Waals surface area contributed by atoms with Gasteiger partial charge in [-0.2, -0.15) is 0 Å². The number of carbonyl (C=O) groups is 1. The maximum Gasteiger partial charge on any atom is 0.166 e. The van der Waals surface area contributed by atoms with Gasteiger partial charge in [0.05, 0.1) is 5.02 Å². The molecule has 3 heteroatoms. The van der Waals surface area contributed by atoms with Gasteiger partial charge in [0.1, 0.15) is 5.82 Å². The van der Waals surface area contributed by atoms with Crippen molar-refractivity contribution in [1.29, 1.82) is 0 Å². The normalized spacial score (nSPS) is 20.5. The molecule has 0 saturated heterocycles. The van der Waals surface area contributed by atoms with E-state index < -0.39 is 5.82 Å². The quantitative estimate of drug-likeness (QED) is 0.627. The average molecular weight is 199 g/mol. The van der Waals surface area contributed by atoms with E-state index in [9.17, 15) is 9.18 Å². The van der Waals surface area contributed by atoms with Crippen LogP contribution in [0.2, 0.25) is 5.02 Å². The highest BCUT2D eigenvalue weighted by molar-refractivity contribution is 6.31. The Kier molecular flexibility index (Phi) is 1.88. The molecule has 2 rings (SSSR count). The molecule has 0 amide bonds. The molecule has 0 spiro atoms. The molecule has 0 heterocycles. The molecular formula is C10H8ClFO. The first kappa shape index (κ1) is 8.70. The Morgan fingerprint density at radius 1 is 1.54 bits per heavy atom. The van der Waals surface area contributed by atoms with Crippen molar-refractivity contribution in [2.24, 2.45) is 5.92 Å². The molecule has 0 fully saturated rings. The molecule has 0 N–H and O–H groups in total. The van der Waals surface area contributed by atoms with Crippen LogP contribution in [0.1, 0.15) is 22.8 Å². The van der Waals surface area contributed by atoms with Crippen LogP contribution < -0.4 is 0 Å². The SMILES string of the molecule is CC1Cc2cc(Cl)c(F)cc2C1=O. The fourth-order valence-corrected chi connectivity index (χ4v) is 1.86. The zero-order valence-electron chi connectivity index (χ0n) is 7.10. The highest BCUT2D eigenvalue weighted by Gasteiger charge is 2.27. The zero-order chi connectivity index (χ0) is 9.59. The minimum absolute atomic E-state index is 0.0190. The predicted molar refractivity (Wildman–Crippen MR) is 48.6 cm³/mol. The number of Topliss-reactive ketones (excluding diaryl/α,β-unsaturated/α-hetero) is 1. The Bertz CT molecular complexity index is 387. The summed E-state index contributed by atoms with van der Waals surface area (Å²) in [7, 11) is 0. The summed E-state index contributed by atoms with van der Waals surface area (Å²) in [5.41, 5.74) is 1.36. The third-order valence-corrected chi connectivity index (χ3v) is 2.67. The van der Waals surface area contributed by atoms with Crippen molar-refractivity contribution >= 4 is 17.4 Å². The molecule has 0 bridgehead atoms. The molecule has 1 aromatic rings. The number of ketones is 1. The van der Waals surface area contributed by atoms with E-state index in [1.807, 2.05) is 6.92 Å². The minimum atomic E-state index is -0.511. The maximum absolute atomic E-state index is 13.0. The molecule has 68 valence electrons. The lowest BCUT2D eigenvalue weighted by atomic mass is 10.1. The van der Waals surface area contributed by atoms with Crippen molar-refractivity contribution in [2.45, 2.75) is 13.3 Å². The number of benzene rings is 1. The summed E-state index contributed by atoms with van der Waals surface area (Å²) in [5, 5.41) is 0.0978. The van der Waals surface area contributed by atoms with Crippen molar-refractivity contribution in [3.8, 4) is 0 Å². The third kappa shape index (κ3) is 1.25. The van der Waals surface area contributed by atoms with Crippen molar-refractivity contribution in [1.82, 2.24) is 0 Å². The second-order valence-electron chi connectivity index (χ2n) is 3.39. The standard InChI is InChI=1S/C10H8ClFO/c1-5-2-6-3-8(11)9(12)4-7(6)10(5)13/h3-5H,2H2,1H3. The molecule has 0 radical (unpaired) electrons. The van der Waals surface area contributed by atoms with Gasteiger partial charge in [-0.25, -0.2) is 4.39 Å². The molecule has 1 atom stereocenters. The van der Waals surface area contributed by atoms with Crippen molar-refractivity contribution in [3.63, 3.8) is 0 Å². The molecule has 1 unspecified atom stereocenters. The van der Waals surface area contributed by atoms with E-state index in [-0.39, 0.29) is 16.7 Å². The average Bonchev–Trinajstić information content (AvgIpc) is 2.32. The van der Waals surface area contributed by atoms with E-state index in [1.54, 1.807) is 6.07 Å². The maximum atomic E-state index is 13.0. The molecule has 13 heavy (non-hydrogen) atoms. The summed E-state index contributed by atoms with van der Waals surface area (Å²) in [6, 6.07) is 2.79. The fourth-order valence-electron chi connectivity index (χ4n) is 1.67. The van der Waals surface area contributed by atoms with Crippen LogP contribution in [0, 0.1) is 11.7 Å². The van der Waals surface area contributed by atoms with E-state index >= 15 is 0 Å². The Morgan fingerprint density at radius 3 is 2.92 bits per heavy atom. The Labute approximate surface area is 80.5 Å². The summed E-state index contributed by atoms with van der Waals surface area (Å²) < 4.78 is 13.0. The molecule has 0 saturated carbocycles. The highest BCUT2D eigenvalue weighted by Crippen LogP contribution is 2.30. The largest absolute Gasteiger partial charge is 0.294 e. The molecule has 1 nitrogen and oxygen atoms in total. The van der Waals surface area contributed by atoms with Gasteiger partial charge in [0.2, 0.25) is 0 Å². The summed E-state index contributed by atoms with van der Waals surface area (Å²) in [6.07, 6.45) is 0.675. The van der Waals surface area contributed by atoms with Crippen LogP contribution in [-0.2, 0) is 6.42 Å². The molecule has 1 aromatic carbocycles. The van der Waals surface area contributed by atoms with Gasteiger partial charge in [-0.05, 0) is 24.1 Å². The molecule has 0 aromatic heterocycles.